The third-order valence-electron chi connectivity index (χ3n) is 1.46. The van der Waals surface area contributed by atoms with E-state index in [1.54, 1.807) is 0 Å². The minimum absolute atomic E-state index is 0.211. The summed E-state index contributed by atoms with van der Waals surface area (Å²) < 4.78 is 3.71. The summed E-state index contributed by atoms with van der Waals surface area (Å²) >= 11 is 1.31. The van der Waals surface area contributed by atoms with E-state index in [0.29, 0.717) is 19.5 Å². The third-order valence-corrected chi connectivity index (χ3v) is 2.01. The Bertz CT molecular complexity index is 250. The van der Waals surface area contributed by atoms with Gasteiger partial charge in [0.25, 0.3) is 0 Å². The zero-order valence-corrected chi connectivity index (χ0v) is 7.88. The van der Waals surface area contributed by atoms with Gasteiger partial charge in [-0.3, -0.25) is 4.79 Å². The van der Waals surface area contributed by atoms with Crippen molar-refractivity contribution in [3.63, 3.8) is 0 Å². The van der Waals surface area contributed by atoms with Crippen LogP contribution in [0.4, 0.5) is 0 Å². The Labute approximate surface area is 80.0 Å². The number of carboxylic acid groups (broad SMARTS) is 1. The predicted molar refractivity (Wildman–Crippen MR) is 48.5 cm³/mol. The first-order valence-electron chi connectivity index (χ1n) is 3.97. The van der Waals surface area contributed by atoms with Crippen molar-refractivity contribution < 1.29 is 9.90 Å². The van der Waals surface area contributed by atoms with Crippen LogP contribution in [0.15, 0.2) is 5.38 Å². The molecule has 0 aliphatic rings. The zero-order valence-electron chi connectivity index (χ0n) is 7.06. The van der Waals surface area contributed by atoms with Crippen molar-refractivity contribution in [1.82, 2.24) is 14.9 Å². The summed E-state index contributed by atoms with van der Waals surface area (Å²) in [5.41, 5.74) is 0.903. The SMILES string of the molecule is O=C(O)CCCNCc1csnn1. The van der Waals surface area contributed by atoms with Gasteiger partial charge in [0.1, 0.15) is 0 Å². The summed E-state index contributed by atoms with van der Waals surface area (Å²) in [5.74, 6) is -0.753. The average Bonchev–Trinajstić information content (AvgIpc) is 2.55. The molecule has 0 fully saturated rings. The smallest absolute Gasteiger partial charge is 0.303 e. The Hall–Kier alpha value is -1.01. The number of nitrogens with zero attached hydrogens (tertiary/aromatic N) is 2. The highest BCUT2D eigenvalue weighted by Gasteiger charge is 1.97. The van der Waals surface area contributed by atoms with Gasteiger partial charge in [-0.1, -0.05) is 4.49 Å². The summed E-state index contributed by atoms with van der Waals surface area (Å²) in [7, 11) is 0. The summed E-state index contributed by atoms with van der Waals surface area (Å²) in [6, 6.07) is 0. The van der Waals surface area contributed by atoms with Crippen LogP contribution in [0, 0.1) is 0 Å². The second-order valence-corrected chi connectivity index (χ2v) is 3.18. The number of hydrogen-bond donors (Lipinski definition) is 2. The molecule has 5 nitrogen and oxygen atoms in total. The lowest BCUT2D eigenvalue weighted by Crippen LogP contribution is -2.15. The van der Waals surface area contributed by atoms with Gasteiger partial charge in [-0.05, 0) is 24.5 Å². The van der Waals surface area contributed by atoms with Crippen molar-refractivity contribution >= 4 is 17.5 Å². The topological polar surface area (TPSA) is 75.1 Å². The fourth-order valence-electron chi connectivity index (χ4n) is 0.842. The van der Waals surface area contributed by atoms with Crippen molar-refractivity contribution in [2.75, 3.05) is 6.54 Å². The van der Waals surface area contributed by atoms with Crippen molar-refractivity contribution in [2.24, 2.45) is 0 Å². The fourth-order valence-corrected chi connectivity index (χ4v) is 1.29. The largest absolute Gasteiger partial charge is 0.481 e. The molecule has 1 aromatic heterocycles. The summed E-state index contributed by atoms with van der Waals surface area (Å²) in [6.45, 7) is 1.36. The van der Waals surface area contributed by atoms with E-state index in [2.05, 4.69) is 14.9 Å². The molecule has 0 aliphatic carbocycles. The lowest BCUT2D eigenvalue weighted by Gasteiger charge is -1.99. The van der Waals surface area contributed by atoms with Crippen LogP contribution in [0.5, 0.6) is 0 Å². The second kappa shape index (κ2) is 5.60. The predicted octanol–water partition coefficient (Wildman–Crippen LogP) is 0.492. The van der Waals surface area contributed by atoms with Crippen molar-refractivity contribution in [2.45, 2.75) is 19.4 Å². The van der Waals surface area contributed by atoms with Crippen LogP contribution in [0.2, 0.25) is 0 Å². The van der Waals surface area contributed by atoms with Gasteiger partial charge in [-0.25, -0.2) is 0 Å². The van der Waals surface area contributed by atoms with E-state index in [9.17, 15) is 4.79 Å². The molecule has 0 aromatic carbocycles. The molecule has 0 aliphatic heterocycles. The lowest BCUT2D eigenvalue weighted by atomic mass is 10.3. The van der Waals surface area contributed by atoms with E-state index in [1.165, 1.54) is 11.5 Å². The minimum atomic E-state index is -0.753. The van der Waals surface area contributed by atoms with Gasteiger partial charge in [0.05, 0.1) is 5.69 Å². The number of aromatic nitrogens is 2. The standard InChI is InChI=1S/C7H11N3O2S/c11-7(12)2-1-3-8-4-6-5-13-10-9-6/h5,8H,1-4H2,(H,11,12). The highest BCUT2D eigenvalue weighted by molar-refractivity contribution is 7.03. The maximum atomic E-state index is 10.1. The molecule has 0 bridgehead atoms. The van der Waals surface area contributed by atoms with Crippen LogP contribution < -0.4 is 5.32 Å². The number of hydrogen-bond acceptors (Lipinski definition) is 5. The molecule has 1 aromatic rings. The molecule has 1 rings (SSSR count). The number of carboxylic acids is 1. The van der Waals surface area contributed by atoms with Gasteiger partial charge in [-0.2, -0.15) is 0 Å². The molecule has 1 heterocycles. The summed E-state index contributed by atoms with van der Waals surface area (Å²) in [6.07, 6.45) is 0.856. The van der Waals surface area contributed by atoms with Crippen LogP contribution in [-0.4, -0.2) is 27.2 Å². The molecule has 0 unspecified atom stereocenters. The summed E-state index contributed by atoms with van der Waals surface area (Å²) in [4.78, 5) is 10.1. The fraction of sp³-hybridized carbons (Fsp3) is 0.571. The average molecular weight is 201 g/mol. The van der Waals surface area contributed by atoms with Crippen molar-refractivity contribution in [1.29, 1.82) is 0 Å². The van der Waals surface area contributed by atoms with E-state index in [0.717, 1.165) is 5.69 Å². The molecule has 0 saturated carbocycles. The molecule has 13 heavy (non-hydrogen) atoms. The van der Waals surface area contributed by atoms with Crippen LogP contribution in [0.25, 0.3) is 0 Å². The van der Waals surface area contributed by atoms with Crippen LogP contribution in [-0.2, 0) is 11.3 Å². The van der Waals surface area contributed by atoms with E-state index >= 15 is 0 Å². The molecule has 6 heteroatoms. The monoisotopic (exact) mass is 201 g/mol. The Balaban J connectivity index is 1.99. The molecule has 0 amide bonds. The third kappa shape index (κ3) is 4.54. The number of nitrogens with one attached hydrogen (secondary N) is 1. The van der Waals surface area contributed by atoms with E-state index in [-0.39, 0.29) is 6.42 Å². The normalized spacial score (nSPS) is 10.2. The number of aliphatic carboxylic acids is 1. The Morgan fingerprint density at radius 1 is 1.69 bits per heavy atom. The van der Waals surface area contributed by atoms with E-state index in [4.69, 9.17) is 5.11 Å². The molecule has 0 atom stereocenters. The van der Waals surface area contributed by atoms with Gasteiger partial charge in [0.15, 0.2) is 0 Å². The zero-order chi connectivity index (χ0) is 9.52. The molecular weight excluding hydrogens is 190 g/mol. The number of carbonyl (C=O) groups is 1. The Morgan fingerprint density at radius 2 is 2.54 bits per heavy atom. The maximum absolute atomic E-state index is 10.1. The first kappa shape index (κ1) is 10.1. The Kier molecular flexibility index (Phi) is 4.34. The van der Waals surface area contributed by atoms with E-state index < -0.39 is 5.97 Å². The second-order valence-electron chi connectivity index (χ2n) is 2.57. The highest BCUT2D eigenvalue weighted by Crippen LogP contribution is 1.95. The van der Waals surface area contributed by atoms with Gasteiger partial charge >= 0.3 is 5.97 Å². The molecule has 72 valence electrons. The van der Waals surface area contributed by atoms with Crippen molar-refractivity contribution in [3.8, 4) is 0 Å². The highest BCUT2D eigenvalue weighted by atomic mass is 32.1. The molecule has 0 radical (unpaired) electrons. The first-order chi connectivity index (χ1) is 6.29. The summed E-state index contributed by atoms with van der Waals surface area (Å²) in [5, 5.41) is 17.1. The molecule has 2 N–H and O–H groups in total. The van der Waals surface area contributed by atoms with Gasteiger partial charge in [0.2, 0.25) is 0 Å². The molecular formula is C7H11N3O2S. The first-order valence-corrected chi connectivity index (χ1v) is 4.81. The Morgan fingerprint density at radius 3 is 3.15 bits per heavy atom. The van der Waals surface area contributed by atoms with Crippen LogP contribution >= 0.6 is 11.5 Å². The van der Waals surface area contributed by atoms with Crippen LogP contribution in [0.1, 0.15) is 18.5 Å². The number of rotatable bonds is 6. The quantitative estimate of drug-likeness (QED) is 0.655. The van der Waals surface area contributed by atoms with Gasteiger partial charge in [0, 0.05) is 18.3 Å². The maximum Gasteiger partial charge on any atom is 0.303 e. The lowest BCUT2D eigenvalue weighted by molar-refractivity contribution is -0.137. The molecule has 0 spiro atoms. The van der Waals surface area contributed by atoms with Crippen molar-refractivity contribution in [3.05, 3.63) is 11.1 Å². The minimum Gasteiger partial charge on any atom is -0.481 e. The van der Waals surface area contributed by atoms with Gasteiger partial charge < -0.3 is 10.4 Å². The molecule has 0 saturated heterocycles. The van der Waals surface area contributed by atoms with Crippen LogP contribution in [0.3, 0.4) is 0 Å². The van der Waals surface area contributed by atoms with E-state index in [1.807, 2.05) is 5.38 Å². The van der Waals surface area contributed by atoms with Gasteiger partial charge in [-0.15, -0.1) is 5.10 Å².